The molecule has 1 fully saturated rings. The summed E-state index contributed by atoms with van der Waals surface area (Å²) in [6, 6.07) is 3.92. The first-order valence-electron chi connectivity index (χ1n) is 7.07. The molecule has 1 aliphatic rings. The molecule has 1 amide bonds. The summed E-state index contributed by atoms with van der Waals surface area (Å²) in [5.74, 6) is -1.64. The first-order chi connectivity index (χ1) is 9.61. The van der Waals surface area contributed by atoms with Crippen molar-refractivity contribution in [3.63, 3.8) is 0 Å². The van der Waals surface area contributed by atoms with Crippen molar-refractivity contribution in [3.8, 4) is 0 Å². The summed E-state index contributed by atoms with van der Waals surface area (Å²) in [6.45, 7) is 3.41. The standard InChI is InChI=1S/C15H20F2N2O.ClH/c1-2-3-15(20)19-14-9-18-7-6-11(14)10-4-5-12(16)13(17)8-10;/h4-5,8,11,14,18H,2-3,6-7,9H2,1H3,(H,19,20);1H. The highest BCUT2D eigenvalue weighted by Gasteiger charge is 2.28. The Kier molecular flexibility index (Phi) is 7.05. The Labute approximate surface area is 129 Å². The van der Waals surface area contributed by atoms with Crippen molar-refractivity contribution in [1.82, 2.24) is 10.6 Å². The predicted octanol–water partition coefficient (Wildman–Crippen LogP) is 2.75. The van der Waals surface area contributed by atoms with Crippen LogP contribution >= 0.6 is 12.4 Å². The van der Waals surface area contributed by atoms with Crippen LogP contribution in [0.1, 0.15) is 37.7 Å². The number of carbonyl (C=O) groups excluding carboxylic acids is 1. The lowest BCUT2D eigenvalue weighted by Gasteiger charge is -2.33. The molecule has 1 aromatic rings. The van der Waals surface area contributed by atoms with E-state index < -0.39 is 11.6 Å². The van der Waals surface area contributed by atoms with Crippen LogP contribution in [0.15, 0.2) is 18.2 Å². The minimum absolute atomic E-state index is 0. The molecule has 2 N–H and O–H groups in total. The van der Waals surface area contributed by atoms with Gasteiger partial charge < -0.3 is 10.6 Å². The van der Waals surface area contributed by atoms with Crippen LogP contribution < -0.4 is 10.6 Å². The normalized spacial score (nSPS) is 21.5. The Bertz CT molecular complexity index is 485. The van der Waals surface area contributed by atoms with E-state index in [1.165, 1.54) is 6.07 Å². The van der Waals surface area contributed by atoms with E-state index in [1.54, 1.807) is 6.07 Å². The van der Waals surface area contributed by atoms with Gasteiger partial charge in [-0.1, -0.05) is 13.0 Å². The van der Waals surface area contributed by atoms with Gasteiger partial charge in [0, 0.05) is 24.9 Å². The lowest BCUT2D eigenvalue weighted by Crippen LogP contribution is -2.50. The van der Waals surface area contributed by atoms with Crippen molar-refractivity contribution in [1.29, 1.82) is 0 Å². The minimum Gasteiger partial charge on any atom is -0.351 e. The summed E-state index contributed by atoms with van der Waals surface area (Å²) in [5.41, 5.74) is 0.743. The van der Waals surface area contributed by atoms with E-state index in [-0.39, 0.29) is 30.3 Å². The Morgan fingerprint density at radius 3 is 2.81 bits per heavy atom. The molecular weight excluding hydrogens is 298 g/mol. The number of benzene rings is 1. The molecule has 0 spiro atoms. The fraction of sp³-hybridized carbons (Fsp3) is 0.533. The van der Waals surface area contributed by atoms with E-state index in [0.717, 1.165) is 31.0 Å². The zero-order valence-corrected chi connectivity index (χ0v) is 12.8. The number of hydrogen-bond acceptors (Lipinski definition) is 2. The first-order valence-corrected chi connectivity index (χ1v) is 7.07. The fourth-order valence-corrected chi connectivity index (χ4v) is 2.66. The van der Waals surface area contributed by atoms with Gasteiger partial charge in [0.15, 0.2) is 11.6 Å². The number of piperidine rings is 1. The third kappa shape index (κ3) is 4.64. The van der Waals surface area contributed by atoms with Gasteiger partial charge in [-0.15, -0.1) is 12.4 Å². The lowest BCUT2D eigenvalue weighted by atomic mass is 9.86. The monoisotopic (exact) mass is 318 g/mol. The number of amides is 1. The molecule has 0 bridgehead atoms. The average Bonchev–Trinajstić information content (AvgIpc) is 2.43. The Balaban J connectivity index is 0.00000220. The van der Waals surface area contributed by atoms with Crippen LogP contribution in [-0.4, -0.2) is 25.0 Å². The van der Waals surface area contributed by atoms with Crippen LogP contribution in [0.3, 0.4) is 0 Å². The fourth-order valence-electron chi connectivity index (χ4n) is 2.66. The molecule has 2 unspecified atom stereocenters. The molecule has 1 aliphatic heterocycles. The van der Waals surface area contributed by atoms with Crippen molar-refractivity contribution < 1.29 is 13.6 Å². The number of nitrogens with one attached hydrogen (secondary N) is 2. The zero-order valence-electron chi connectivity index (χ0n) is 12.0. The van der Waals surface area contributed by atoms with Crippen molar-refractivity contribution in [2.75, 3.05) is 13.1 Å². The second-order valence-corrected chi connectivity index (χ2v) is 5.20. The molecule has 6 heteroatoms. The molecule has 118 valence electrons. The largest absolute Gasteiger partial charge is 0.351 e. The van der Waals surface area contributed by atoms with E-state index in [1.807, 2.05) is 6.92 Å². The molecule has 1 aromatic carbocycles. The van der Waals surface area contributed by atoms with Gasteiger partial charge in [0.25, 0.3) is 0 Å². The Morgan fingerprint density at radius 2 is 2.14 bits per heavy atom. The number of carbonyl (C=O) groups is 1. The van der Waals surface area contributed by atoms with Gasteiger partial charge in [-0.2, -0.15) is 0 Å². The van der Waals surface area contributed by atoms with Gasteiger partial charge >= 0.3 is 0 Å². The lowest BCUT2D eigenvalue weighted by molar-refractivity contribution is -0.122. The first kappa shape index (κ1) is 17.9. The van der Waals surface area contributed by atoms with E-state index in [0.29, 0.717) is 13.0 Å². The summed E-state index contributed by atoms with van der Waals surface area (Å²) in [5, 5.41) is 6.21. The topological polar surface area (TPSA) is 41.1 Å². The van der Waals surface area contributed by atoms with Crippen LogP contribution in [0.5, 0.6) is 0 Å². The van der Waals surface area contributed by atoms with E-state index in [4.69, 9.17) is 0 Å². The maximum absolute atomic E-state index is 13.4. The van der Waals surface area contributed by atoms with Crippen LogP contribution in [-0.2, 0) is 4.79 Å². The summed E-state index contributed by atoms with van der Waals surface area (Å²) < 4.78 is 26.4. The highest BCUT2D eigenvalue weighted by molar-refractivity contribution is 5.85. The van der Waals surface area contributed by atoms with Gasteiger partial charge in [-0.05, 0) is 37.1 Å². The summed E-state index contributed by atoms with van der Waals surface area (Å²) in [4.78, 5) is 11.7. The molecule has 2 atom stereocenters. The number of rotatable bonds is 4. The molecule has 3 nitrogen and oxygen atoms in total. The van der Waals surface area contributed by atoms with E-state index >= 15 is 0 Å². The second-order valence-electron chi connectivity index (χ2n) is 5.20. The molecule has 0 aliphatic carbocycles. The van der Waals surface area contributed by atoms with E-state index in [2.05, 4.69) is 10.6 Å². The van der Waals surface area contributed by atoms with Crippen molar-refractivity contribution >= 4 is 18.3 Å². The van der Waals surface area contributed by atoms with Gasteiger partial charge in [-0.25, -0.2) is 8.78 Å². The Hall–Kier alpha value is -1.20. The van der Waals surface area contributed by atoms with E-state index in [9.17, 15) is 13.6 Å². The third-order valence-corrected chi connectivity index (χ3v) is 3.68. The van der Waals surface area contributed by atoms with Gasteiger partial charge in [-0.3, -0.25) is 4.79 Å². The van der Waals surface area contributed by atoms with Gasteiger partial charge in [0.1, 0.15) is 0 Å². The molecule has 21 heavy (non-hydrogen) atoms. The molecule has 2 rings (SSSR count). The SMILES string of the molecule is CCCC(=O)NC1CNCCC1c1ccc(F)c(F)c1.Cl. The maximum Gasteiger partial charge on any atom is 0.220 e. The van der Waals surface area contributed by atoms with Crippen molar-refractivity contribution in [3.05, 3.63) is 35.4 Å². The van der Waals surface area contributed by atoms with Gasteiger partial charge in [0.05, 0.1) is 0 Å². The maximum atomic E-state index is 13.4. The van der Waals surface area contributed by atoms with Crippen LogP contribution in [0.25, 0.3) is 0 Å². The minimum atomic E-state index is -0.839. The molecular formula is C15H21ClF2N2O. The molecule has 0 saturated carbocycles. The number of hydrogen-bond donors (Lipinski definition) is 2. The number of halogens is 3. The molecule has 1 heterocycles. The molecule has 0 aromatic heterocycles. The highest BCUT2D eigenvalue weighted by Crippen LogP contribution is 2.27. The average molecular weight is 319 g/mol. The predicted molar refractivity (Wildman–Crippen MR) is 80.7 cm³/mol. The Morgan fingerprint density at radius 1 is 1.38 bits per heavy atom. The van der Waals surface area contributed by atoms with Crippen LogP contribution in [0, 0.1) is 11.6 Å². The zero-order chi connectivity index (χ0) is 14.5. The third-order valence-electron chi connectivity index (χ3n) is 3.68. The molecule has 0 radical (unpaired) electrons. The van der Waals surface area contributed by atoms with Crippen molar-refractivity contribution in [2.45, 2.75) is 38.1 Å². The second kappa shape index (κ2) is 8.29. The molecule has 1 saturated heterocycles. The smallest absolute Gasteiger partial charge is 0.220 e. The quantitative estimate of drug-likeness (QED) is 0.896. The summed E-state index contributed by atoms with van der Waals surface area (Å²) >= 11 is 0. The summed E-state index contributed by atoms with van der Waals surface area (Å²) in [7, 11) is 0. The van der Waals surface area contributed by atoms with Gasteiger partial charge in [0.2, 0.25) is 5.91 Å². The van der Waals surface area contributed by atoms with Crippen LogP contribution in [0.4, 0.5) is 8.78 Å². The summed E-state index contributed by atoms with van der Waals surface area (Å²) in [6.07, 6.45) is 2.07. The van der Waals surface area contributed by atoms with Crippen molar-refractivity contribution in [2.24, 2.45) is 0 Å². The highest BCUT2D eigenvalue weighted by atomic mass is 35.5. The van der Waals surface area contributed by atoms with Crippen LogP contribution in [0.2, 0.25) is 0 Å².